The molecule has 6 heteroatoms. The smallest absolute Gasteiger partial charge is 0.253 e. The van der Waals surface area contributed by atoms with E-state index in [9.17, 15) is 0 Å². The Hall–Kier alpha value is -1.85. The molecule has 0 radical (unpaired) electrons. The summed E-state index contributed by atoms with van der Waals surface area (Å²) in [5.74, 6) is 2.55. The maximum absolute atomic E-state index is 5.71. The Morgan fingerprint density at radius 2 is 2.11 bits per heavy atom. The van der Waals surface area contributed by atoms with Crippen LogP contribution in [0.4, 0.5) is 0 Å². The van der Waals surface area contributed by atoms with Crippen molar-refractivity contribution in [1.29, 1.82) is 0 Å². The highest BCUT2D eigenvalue weighted by molar-refractivity contribution is 5.31. The van der Waals surface area contributed by atoms with Gasteiger partial charge in [0.15, 0.2) is 12.4 Å². The Morgan fingerprint density at radius 1 is 1.33 bits per heavy atom. The van der Waals surface area contributed by atoms with Crippen molar-refractivity contribution in [2.24, 2.45) is 7.05 Å². The van der Waals surface area contributed by atoms with Gasteiger partial charge in [-0.15, -0.1) is 10.2 Å². The van der Waals surface area contributed by atoms with Crippen LogP contribution in [-0.2, 0) is 13.7 Å². The highest BCUT2D eigenvalue weighted by atomic mass is 16.5. The molecule has 0 bridgehead atoms. The molecular formula is C12H16N4O2. The molecule has 0 aromatic carbocycles. The predicted octanol–water partition coefficient (Wildman–Crippen LogP) is 1.88. The molecule has 96 valence electrons. The zero-order chi connectivity index (χ0) is 12.7. The van der Waals surface area contributed by atoms with Crippen LogP contribution in [0.3, 0.4) is 0 Å². The predicted molar refractivity (Wildman–Crippen MR) is 63.3 cm³/mol. The van der Waals surface area contributed by atoms with Gasteiger partial charge >= 0.3 is 0 Å². The standard InChI is InChI=1S/C12H16N4O2/c1-7-11(8(2)16(3)15-7)17-6-10-13-14-12(18-10)9-4-5-9/h9H,4-6H2,1-3H3. The topological polar surface area (TPSA) is 66.0 Å². The number of aryl methyl sites for hydroxylation is 2. The number of rotatable bonds is 4. The fourth-order valence-corrected chi connectivity index (χ4v) is 1.92. The summed E-state index contributed by atoms with van der Waals surface area (Å²) in [6.45, 7) is 4.19. The van der Waals surface area contributed by atoms with Crippen LogP contribution in [0, 0.1) is 13.8 Å². The lowest BCUT2D eigenvalue weighted by Gasteiger charge is -2.03. The molecule has 1 fully saturated rings. The van der Waals surface area contributed by atoms with Crippen molar-refractivity contribution in [3.05, 3.63) is 23.2 Å². The van der Waals surface area contributed by atoms with Crippen LogP contribution in [0.2, 0.25) is 0 Å². The van der Waals surface area contributed by atoms with Crippen molar-refractivity contribution in [3.63, 3.8) is 0 Å². The second-order valence-corrected chi connectivity index (χ2v) is 4.72. The van der Waals surface area contributed by atoms with Gasteiger partial charge in [-0.25, -0.2) is 0 Å². The number of aromatic nitrogens is 4. The van der Waals surface area contributed by atoms with E-state index in [1.54, 1.807) is 4.68 Å². The van der Waals surface area contributed by atoms with E-state index in [-0.39, 0.29) is 0 Å². The molecule has 2 aromatic rings. The number of hydrogen-bond acceptors (Lipinski definition) is 5. The zero-order valence-electron chi connectivity index (χ0n) is 10.8. The van der Waals surface area contributed by atoms with Crippen LogP contribution in [0.5, 0.6) is 5.75 Å². The number of ether oxygens (including phenoxy) is 1. The van der Waals surface area contributed by atoms with Gasteiger partial charge in [-0.2, -0.15) is 5.10 Å². The molecule has 2 heterocycles. The van der Waals surface area contributed by atoms with Crippen LogP contribution in [0.15, 0.2) is 4.42 Å². The molecule has 0 amide bonds. The normalized spacial score (nSPS) is 15.1. The van der Waals surface area contributed by atoms with E-state index >= 15 is 0 Å². The van der Waals surface area contributed by atoms with Gasteiger partial charge in [-0.3, -0.25) is 4.68 Å². The van der Waals surface area contributed by atoms with Crippen LogP contribution in [-0.4, -0.2) is 20.0 Å². The molecule has 3 rings (SSSR count). The maximum atomic E-state index is 5.71. The largest absolute Gasteiger partial charge is 0.480 e. The summed E-state index contributed by atoms with van der Waals surface area (Å²) in [7, 11) is 1.90. The van der Waals surface area contributed by atoms with Crippen LogP contribution in [0.1, 0.15) is 41.9 Å². The van der Waals surface area contributed by atoms with Crippen molar-refractivity contribution < 1.29 is 9.15 Å². The van der Waals surface area contributed by atoms with Crippen molar-refractivity contribution in [1.82, 2.24) is 20.0 Å². The van der Waals surface area contributed by atoms with E-state index in [1.165, 1.54) is 0 Å². The molecule has 0 saturated heterocycles. The second kappa shape index (κ2) is 4.12. The van der Waals surface area contributed by atoms with E-state index < -0.39 is 0 Å². The molecule has 0 spiro atoms. The van der Waals surface area contributed by atoms with E-state index in [2.05, 4.69) is 15.3 Å². The molecule has 1 aliphatic rings. The first-order valence-electron chi connectivity index (χ1n) is 6.10. The Morgan fingerprint density at radius 3 is 2.72 bits per heavy atom. The molecule has 6 nitrogen and oxygen atoms in total. The summed E-state index contributed by atoms with van der Waals surface area (Å²) in [6.07, 6.45) is 2.31. The second-order valence-electron chi connectivity index (χ2n) is 4.72. The van der Waals surface area contributed by atoms with Crippen LogP contribution >= 0.6 is 0 Å². The summed E-state index contributed by atoms with van der Waals surface area (Å²) < 4.78 is 13.0. The summed E-state index contributed by atoms with van der Waals surface area (Å²) in [5, 5.41) is 12.3. The molecule has 0 atom stereocenters. The minimum absolute atomic E-state index is 0.299. The molecule has 0 unspecified atom stereocenters. The lowest BCUT2D eigenvalue weighted by Crippen LogP contribution is -1.98. The van der Waals surface area contributed by atoms with E-state index in [0.717, 1.165) is 35.9 Å². The fraction of sp³-hybridized carbons (Fsp3) is 0.583. The van der Waals surface area contributed by atoms with Gasteiger partial charge in [0.2, 0.25) is 5.89 Å². The maximum Gasteiger partial charge on any atom is 0.253 e. The van der Waals surface area contributed by atoms with Gasteiger partial charge in [0.25, 0.3) is 5.89 Å². The van der Waals surface area contributed by atoms with E-state index in [1.807, 2.05) is 20.9 Å². The Balaban J connectivity index is 1.69. The fourth-order valence-electron chi connectivity index (χ4n) is 1.92. The van der Waals surface area contributed by atoms with Gasteiger partial charge in [0.05, 0.1) is 5.69 Å². The lowest BCUT2D eigenvalue weighted by molar-refractivity contribution is 0.256. The molecule has 0 aliphatic heterocycles. The van der Waals surface area contributed by atoms with Crippen molar-refractivity contribution in [3.8, 4) is 5.75 Å². The molecule has 1 saturated carbocycles. The van der Waals surface area contributed by atoms with Crippen LogP contribution < -0.4 is 4.74 Å². The average molecular weight is 248 g/mol. The first kappa shape index (κ1) is 11.3. The van der Waals surface area contributed by atoms with Gasteiger partial charge in [0.1, 0.15) is 5.69 Å². The average Bonchev–Trinajstić information content (AvgIpc) is 3.03. The molecule has 0 N–H and O–H groups in total. The molecule has 1 aliphatic carbocycles. The highest BCUT2D eigenvalue weighted by Crippen LogP contribution is 2.39. The zero-order valence-corrected chi connectivity index (χ0v) is 10.8. The number of hydrogen-bond donors (Lipinski definition) is 0. The third-order valence-electron chi connectivity index (χ3n) is 3.19. The monoisotopic (exact) mass is 248 g/mol. The van der Waals surface area contributed by atoms with Crippen molar-refractivity contribution in [2.45, 2.75) is 39.2 Å². The third-order valence-corrected chi connectivity index (χ3v) is 3.19. The molecule has 2 aromatic heterocycles. The minimum atomic E-state index is 0.299. The Bertz CT molecular complexity index is 569. The van der Waals surface area contributed by atoms with Gasteiger partial charge < -0.3 is 9.15 Å². The van der Waals surface area contributed by atoms with Gasteiger partial charge in [-0.05, 0) is 26.7 Å². The first-order valence-corrected chi connectivity index (χ1v) is 6.10. The molecular weight excluding hydrogens is 232 g/mol. The van der Waals surface area contributed by atoms with Crippen molar-refractivity contribution in [2.75, 3.05) is 0 Å². The third kappa shape index (κ3) is 1.98. The van der Waals surface area contributed by atoms with E-state index in [4.69, 9.17) is 9.15 Å². The Labute approximate surface area is 105 Å². The number of nitrogens with zero attached hydrogens (tertiary/aromatic N) is 4. The first-order chi connectivity index (χ1) is 8.65. The summed E-state index contributed by atoms with van der Waals surface area (Å²) in [5.41, 5.74) is 1.87. The lowest BCUT2D eigenvalue weighted by atomic mass is 10.3. The summed E-state index contributed by atoms with van der Waals surface area (Å²) in [6, 6.07) is 0. The SMILES string of the molecule is Cc1nn(C)c(C)c1OCc1nnc(C2CC2)o1. The molecule has 18 heavy (non-hydrogen) atoms. The quantitative estimate of drug-likeness (QED) is 0.826. The highest BCUT2D eigenvalue weighted by Gasteiger charge is 2.29. The van der Waals surface area contributed by atoms with Crippen LogP contribution in [0.25, 0.3) is 0 Å². The Kier molecular flexibility index (Phi) is 2.57. The van der Waals surface area contributed by atoms with Crippen molar-refractivity contribution >= 4 is 0 Å². The van der Waals surface area contributed by atoms with Gasteiger partial charge in [-0.1, -0.05) is 0 Å². The van der Waals surface area contributed by atoms with E-state index in [0.29, 0.717) is 18.4 Å². The summed E-state index contributed by atoms with van der Waals surface area (Å²) in [4.78, 5) is 0. The summed E-state index contributed by atoms with van der Waals surface area (Å²) >= 11 is 0. The van der Waals surface area contributed by atoms with Gasteiger partial charge in [0, 0.05) is 13.0 Å². The minimum Gasteiger partial charge on any atom is -0.480 e.